The lowest BCUT2D eigenvalue weighted by Gasteiger charge is -2.19. The van der Waals surface area contributed by atoms with Crippen molar-refractivity contribution in [2.75, 3.05) is 19.0 Å². The maximum absolute atomic E-state index is 5.21. The van der Waals surface area contributed by atoms with E-state index in [-0.39, 0.29) is 0 Å². The third-order valence-corrected chi connectivity index (χ3v) is 3.42. The Balaban J connectivity index is 2.08. The van der Waals surface area contributed by atoms with Gasteiger partial charge in [-0.15, -0.1) is 0 Å². The summed E-state index contributed by atoms with van der Waals surface area (Å²) < 4.78 is 7.39. The zero-order chi connectivity index (χ0) is 12.4. The highest BCUT2D eigenvalue weighted by molar-refractivity contribution is 5.31. The van der Waals surface area contributed by atoms with Crippen LogP contribution in [0.5, 0.6) is 0 Å². The average molecular weight is 237 g/mol. The number of aryl methyl sites for hydroxylation is 1. The van der Waals surface area contributed by atoms with E-state index in [1.165, 1.54) is 12.8 Å². The third-order valence-electron chi connectivity index (χ3n) is 3.42. The number of ether oxygens (including phenoxy) is 1. The van der Waals surface area contributed by atoms with Gasteiger partial charge in [0.1, 0.15) is 0 Å². The van der Waals surface area contributed by atoms with E-state index in [9.17, 15) is 0 Å². The van der Waals surface area contributed by atoms with Crippen LogP contribution in [-0.2, 0) is 4.74 Å². The zero-order valence-corrected chi connectivity index (χ0v) is 11.2. The molecule has 1 heterocycles. The SMILES string of the molecule is COCC(C)n1cc(C)nc1NC(C)C1CC1. The quantitative estimate of drug-likeness (QED) is 0.826. The first-order valence-corrected chi connectivity index (χ1v) is 6.42. The van der Waals surface area contributed by atoms with Crippen LogP contribution in [0.3, 0.4) is 0 Å². The molecule has 1 aromatic heterocycles. The molecule has 1 aliphatic rings. The molecule has 1 fully saturated rings. The predicted molar refractivity (Wildman–Crippen MR) is 69.4 cm³/mol. The monoisotopic (exact) mass is 237 g/mol. The molecule has 0 aliphatic heterocycles. The van der Waals surface area contributed by atoms with Crippen molar-refractivity contribution in [3.63, 3.8) is 0 Å². The van der Waals surface area contributed by atoms with Crippen LogP contribution >= 0.6 is 0 Å². The number of anilines is 1. The summed E-state index contributed by atoms with van der Waals surface area (Å²) in [6.45, 7) is 7.13. The second kappa shape index (κ2) is 5.08. The van der Waals surface area contributed by atoms with E-state index >= 15 is 0 Å². The lowest BCUT2D eigenvalue weighted by molar-refractivity contribution is 0.163. The normalized spacial score (nSPS) is 19.1. The van der Waals surface area contributed by atoms with Crippen LogP contribution in [0.25, 0.3) is 0 Å². The molecule has 1 aliphatic carbocycles. The molecule has 0 amide bonds. The van der Waals surface area contributed by atoms with Crippen LogP contribution in [0.15, 0.2) is 6.20 Å². The van der Waals surface area contributed by atoms with Crippen LogP contribution < -0.4 is 5.32 Å². The minimum absolute atomic E-state index is 0.315. The van der Waals surface area contributed by atoms with Crippen molar-refractivity contribution in [3.05, 3.63) is 11.9 Å². The summed E-state index contributed by atoms with van der Waals surface area (Å²) in [5.74, 6) is 1.81. The molecular weight excluding hydrogens is 214 g/mol. The Bertz CT molecular complexity index is 371. The van der Waals surface area contributed by atoms with Crippen LogP contribution in [0.2, 0.25) is 0 Å². The van der Waals surface area contributed by atoms with E-state index in [4.69, 9.17) is 4.74 Å². The number of nitrogens with zero attached hydrogens (tertiary/aromatic N) is 2. The molecule has 17 heavy (non-hydrogen) atoms. The molecule has 4 nitrogen and oxygen atoms in total. The van der Waals surface area contributed by atoms with Gasteiger partial charge in [0.15, 0.2) is 0 Å². The van der Waals surface area contributed by atoms with Crippen molar-refractivity contribution >= 4 is 5.95 Å². The van der Waals surface area contributed by atoms with Crippen LogP contribution in [0, 0.1) is 12.8 Å². The van der Waals surface area contributed by atoms with Gasteiger partial charge in [-0.3, -0.25) is 0 Å². The van der Waals surface area contributed by atoms with Crippen molar-refractivity contribution in [2.24, 2.45) is 5.92 Å². The standard InChI is InChI=1S/C13H23N3O/c1-9-7-16(10(2)8-17-4)13(14-9)15-11(3)12-5-6-12/h7,10-12H,5-6,8H2,1-4H3,(H,14,15). The van der Waals surface area contributed by atoms with Crippen molar-refractivity contribution in [2.45, 2.75) is 45.7 Å². The molecule has 2 rings (SSSR count). The van der Waals surface area contributed by atoms with E-state index in [0.29, 0.717) is 18.7 Å². The maximum Gasteiger partial charge on any atom is 0.203 e. The number of methoxy groups -OCH3 is 1. The Kier molecular flexibility index (Phi) is 3.72. The van der Waals surface area contributed by atoms with Gasteiger partial charge in [-0.05, 0) is 39.5 Å². The zero-order valence-electron chi connectivity index (χ0n) is 11.2. The number of imidazole rings is 1. The summed E-state index contributed by atoms with van der Waals surface area (Å²) in [5, 5.41) is 3.53. The highest BCUT2D eigenvalue weighted by Crippen LogP contribution is 2.34. The Morgan fingerprint density at radius 3 is 2.82 bits per heavy atom. The van der Waals surface area contributed by atoms with Gasteiger partial charge in [0, 0.05) is 19.3 Å². The molecule has 1 aromatic rings. The van der Waals surface area contributed by atoms with Gasteiger partial charge in [-0.2, -0.15) is 0 Å². The molecule has 0 bridgehead atoms. The van der Waals surface area contributed by atoms with Crippen LogP contribution in [0.1, 0.15) is 38.4 Å². The Morgan fingerprint density at radius 2 is 2.24 bits per heavy atom. The Morgan fingerprint density at radius 1 is 1.53 bits per heavy atom. The van der Waals surface area contributed by atoms with Crippen molar-refractivity contribution in [1.82, 2.24) is 9.55 Å². The number of hydrogen-bond donors (Lipinski definition) is 1. The topological polar surface area (TPSA) is 39.1 Å². The first-order chi connectivity index (χ1) is 8.11. The van der Waals surface area contributed by atoms with Crippen LogP contribution in [-0.4, -0.2) is 29.3 Å². The smallest absolute Gasteiger partial charge is 0.203 e. The van der Waals surface area contributed by atoms with Crippen molar-refractivity contribution < 1.29 is 4.74 Å². The van der Waals surface area contributed by atoms with Gasteiger partial charge in [0.05, 0.1) is 18.3 Å². The Hall–Kier alpha value is -1.03. The number of aromatic nitrogens is 2. The first kappa shape index (κ1) is 12.4. The van der Waals surface area contributed by atoms with Gasteiger partial charge in [-0.25, -0.2) is 4.98 Å². The van der Waals surface area contributed by atoms with E-state index in [1.807, 2.05) is 6.92 Å². The number of hydrogen-bond acceptors (Lipinski definition) is 3. The van der Waals surface area contributed by atoms with E-state index in [2.05, 4.69) is 34.9 Å². The summed E-state index contributed by atoms with van der Waals surface area (Å²) in [4.78, 5) is 4.56. The highest BCUT2D eigenvalue weighted by Gasteiger charge is 2.28. The first-order valence-electron chi connectivity index (χ1n) is 6.42. The summed E-state index contributed by atoms with van der Waals surface area (Å²) in [6, 6.07) is 0.834. The lowest BCUT2D eigenvalue weighted by Crippen LogP contribution is -2.22. The summed E-state index contributed by atoms with van der Waals surface area (Å²) in [6.07, 6.45) is 4.79. The molecule has 1 N–H and O–H groups in total. The number of rotatable bonds is 6. The molecule has 2 atom stereocenters. The average Bonchev–Trinajstić information content (AvgIpc) is 3.04. The third kappa shape index (κ3) is 3.00. The van der Waals surface area contributed by atoms with Crippen molar-refractivity contribution in [1.29, 1.82) is 0 Å². The van der Waals surface area contributed by atoms with Crippen LogP contribution in [0.4, 0.5) is 5.95 Å². The van der Waals surface area contributed by atoms with Gasteiger partial charge in [-0.1, -0.05) is 0 Å². The van der Waals surface area contributed by atoms with E-state index in [1.54, 1.807) is 7.11 Å². The minimum atomic E-state index is 0.315. The fraction of sp³-hybridized carbons (Fsp3) is 0.769. The molecule has 2 unspecified atom stereocenters. The van der Waals surface area contributed by atoms with Gasteiger partial charge in [0.25, 0.3) is 0 Å². The molecule has 4 heteroatoms. The molecule has 96 valence electrons. The van der Waals surface area contributed by atoms with Gasteiger partial charge >= 0.3 is 0 Å². The maximum atomic E-state index is 5.21. The molecule has 1 saturated carbocycles. The summed E-state index contributed by atoms with van der Waals surface area (Å²) >= 11 is 0. The van der Waals surface area contributed by atoms with E-state index < -0.39 is 0 Å². The lowest BCUT2D eigenvalue weighted by atomic mass is 10.2. The summed E-state index contributed by atoms with van der Waals surface area (Å²) in [5.41, 5.74) is 1.05. The second-order valence-corrected chi connectivity index (χ2v) is 5.19. The fourth-order valence-corrected chi connectivity index (χ4v) is 2.20. The fourth-order valence-electron chi connectivity index (χ4n) is 2.20. The second-order valence-electron chi connectivity index (χ2n) is 5.19. The van der Waals surface area contributed by atoms with E-state index in [0.717, 1.165) is 17.6 Å². The molecule has 0 aromatic carbocycles. The Labute approximate surface area is 103 Å². The summed E-state index contributed by atoms with van der Waals surface area (Å²) in [7, 11) is 1.74. The van der Waals surface area contributed by atoms with Gasteiger partial charge < -0.3 is 14.6 Å². The minimum Gasteiger partial charge on any atom is -0.383 e. The molecule has 0 radical (unpaired) electrons. The van der Waals surface area contributed by atoms with Crippen molar-refractivity contribution in [3.8, 4) is 0 Å². The largest absolute Gasteiger partial charge is 0.383 e. The molecule has 0 spiro atoms. The van der Waals surface area contributed by atoms with Gasteiger partial charge in [0.2, 0.25) is 5.95 Å². The predicted octanol–water partition coefficient (Wildman–Crippen LogP) is 2.61. The highest BCUT2D eigenvalue weighted by atomic mass is 16.5. The number of nitrogens with one attached hydrogen (secondary N) is 1. The molecular formula is C13H23N3O. The molecule has 0 saturated heterocycles.